The first-order valence-electron chi connectivity index (χ1n) is 8.10. The van der Waals surface area contributed by atoms with Crippen molar-refractivity contribution in [1.82, 2.24) is 14.6 Å². The molecule has 1 aromatic carbocycles. The van der Waals surface area contributed by atoms with E-state index in [9.17, 15) is 0 Å². The summed E-state index contributed by atoms with van der Waals surface area (Å²) in [6.45, 7) is 4.40. The number of benzene rings is 1. The molecule has 0 spiro atoms. The smallest absolute Gasteiger partial charge is 0.213 e. The van der Waals surface area contributed by atoms with Crippen LogP contribution >= 0.6 is 27.5 Å². The number of allylic oxidation sites excluding steroid dienone is 1. The largest absolute Gasteiger partial charge is 0.366 e. The third-order valence-electron chi connectivity index (χ3n) is 3.79. The highest BCUT2D eigenvalue weighted by atomic mass is 79.9. The second-order valence-corrected chi connectivity index (χ2v) is 6.84. The van der Waals surface area contributed by atoms with Crippen LogP contribution < -0.4 is 10.5 Å². The Hall–Kier alpha value is -2.64. The molecule has 3 rings (SSSR count). The number of hydrogen-bond donors (Lipinski definition) is 2. The summed E-state index contributed by atoms with van der Waals surface area (Å²) in [4.78, 5) is 9.50. The molecule has 27 heavy (non-hydrogen) atoms. The van der Waals surface area contributed by atoms with Crippen LogP contribution in [0.2, 0.25) is 5.02 Å². The SMILES string of the molecule is C=C/C(=C\C=[NH+]\OC)CNc1cc(-c2ccc(Cl)cc2)nc2c(Br)cnn12. The number of anilines is 1. The summed E-state index contributed by atoms with van der Waals surface area (Å²) in [5, 5.41) is 11.1. The predicted octanol–water partition coefficient (Wildman–Crippen LogP) is 3.05. The van der Waals surface area contributed by atoms with E-state index in [1.54, 1.807) is 30.1 Å². The molecule has 0 aliphatic heterocycles. The number of aromatic nitrogens is 3. The van der Waals surface area contributed by atoms with Crippen molar-refractivity contribution < 1.29 is 9.99 Å². The molecule has 0 aliphatic rings. The van der Waals surface area contributed by atoms with Crippen molar-refractivity contribution in [3.05, 3.63) is 70.3 Å². The Labute approximate surface area is 170 Å². The standard InChI is InChI=1S/C19H17BrClN5O/c1-3-13(8-9-24-27-2)11-22-18-10-17(14-4-6-15(21)7-5-14)25-19-16(20)12-23-26(18)19/h3-10,12,22H,1,11H2,2H3/p+1/b13-8+,24-9+. The van der Waals surface area contributed by atoms with Crippen molar-refractivity contribution in [2.24, 2.45) is 0 Å². The van der Waals surface area contributed by atoms with Crippen molar-refractivity contribution >= 4 is 45.2 Å². The molecule has 0 bridgehead atoms. The molecular weight excluding hydrogens is 430 g/mol. The molecule has 8 heteroatoms. The Morgan fingerprint density at radius 1 is 1.41 bits per heavy atom. The number of nitrogens with zero attached hydrogens (tertiary/aromatic N) is 3. The Morgan fingerprint density at radius 2 is 2.19 bits per heavy atom. The number of hydrogen-bond acceptors (Lipinski definition) is 4. The summed E-state index contributed by atoms with van der Waals surface area (Å²) in [5.74, 6) is 0.808. The molecular formula is C19H18BrClN5O+. The molecule has 0 saturated carbocycles. The number of nitrogens with one attached hydrogen (secondary N) is 2. The number of fused-ring (bicyclic) bond motifs is 1. The van der Waals surface area contributed by atoms with E-state index in [4.69, 9.17) is 21.4 Å². The minimum Gasteiger partial charge on any atom is -0.366 e. The fourth-order valence-corrected chi connectivity index (χ4v) is 2.91. The van der Waals surface area contributed by atoms with Crippen molar-refractivity contribution in [3.8, 4) is 11.3 Å². The maximum Gasteiger partial charge on any atom is 0.213 e. The molecule has 0 saturated heterocycles. The van der Waals surface area contributed by atoms with Gasteiger partial charge in [0, 0.05) is 29.3 Å². The lowest BCUT2D eigenvalue weighted by atomic mass is 10.1. The van der Waals surface area contributed by atoms with Gasteiger partial charge in [0.05, 0.1) is 16.4 Å². The Kier molecular flexibility index (Phi) is 6.26. The maximum atomic E-state index is 6.00. The van der Waals surface area contributed by atoms with Gasteiger partial charge in [-0.2, -0.15) is 9.61 Å². The van der Waals surface area contributed by atoms with E-state index in [1.807, 2.05) is 36.4 Å². The van der Waals surface area contributed by atoms with Gasteiger partial charge < -0.3 is 5.32 Å². The zero-order valence-electron chi connectivity index (χ0n) is 14.6. The molecule has 138 valence electrons. The highest BCUT2D eigenvalue weighted by molar-refractivity contribution is 9.10. The maximum absolute atomic E-state index is 6.00. The van der Waals surface area contributed by atoms with Crippen LogP contribution in [-0.2, 0) is 4.84 Å². The van der Waals surface area contributed by atoms with Gasteiger partial charge in [0.25, 0.3) is 0 Å². The highest BCUT2D eigenvalue weighted by Crippen LogP contribution is 2.26. The minimum absolute atomic E-state index is 0.558. The topological polar surface area (TPSA) is 65.4 Å². The van der Waals surface area contributed by atoms with Crippen LogP contribution in [0.5, 0.6) is 0 Å². The summed E-state index contributed by atoms with van der Waals surface area (Å²) in [7, 11) is 1.55. The van der Waals surface area contributed by atoms with Crippen LogP contribution in [-0.4, -0.2) is 34.5 Å². The summed E-state index contributed by atoms with van der Waals surface area (Å²) in [6.07, 6.45) is 7.07. The second-order valence-electron chi connectivity index (χ2n) is 5.55. The van der Waals surface area contributed by atoms with E-state index in [-0.39, 0.29) is 0 Å². The Balaban J connectivity index is 1.96. The van der Waals surface area contributed by atoms with Gasteiger partial charge in [-0.05, 0) is 38.8 Å². The van der Waals surface area contributed by atoms with Crippen LogP contribution in [0.15, 0.2) is 65.3 Å². The summed E-state index contributed by atoms with van der Waals surface area (Å²) >= 11 is 9.50. The molecule has 3 aromatic rings. The van der Waals surface area contributed by atoms with Gasteiger partial charge in [0.15, 0.2) is 5.65 Å². The van der Waals surface area contributed by atoms with Gasteiger partial charge in [0.1, 0.15) is 12.9 Å². The molecule has 0 unspecified atom stereocenters. The Morgan fingerprint density at radius 3 is 2.89 bits per heavy atom. The average molecular weight is 448 g/mol. The molecule has 0 atom stereocenters. The third kappa shape index (κ3) is 4.56. The van der Waals surface area contributed by atoms with E-state index in [0.29, 0.717) is 11.6 Å². The summed E-state index contributed by atoms with van der Waals surface area (Å²) in [5.41, 5.74) is 3.49. The number of halogens is 2. The molecule has 0 fully saturated rings. The van der Waals surface area contributed by atoms with Gasteiger partial charge in [-0.3, -0.25) is 4.84 Å². The predicted molar refractivity (Wildman–Crippen MR) is 112 cm³/mol. The van der Waals surface area contributed by atoms with E-state index in [1.165, 1.54) is 0 Å². The van der Waals surface area contributed by atoms with Crippen molar-refractivity contribution in [2.45, 2.75) is 0 Å². The monoisotopic (exact) mass is 446 g/mol. The number of rotatable bonds is 7. The van der Waals surface area contributed by atoms with Crippen LogP contribution in [0.3, 0.4) is 0 Å². The quantitative estimate of drug-likeness (QED) is 0.332. The lowest BCUT2D eigenvalue weighted by molar-refractivity contribution is -0.740. The van der Waals surface area contributed by atoms with Gasteiger partial charge in [-0.1, -0.05) is 36.4 Å². The van der Waals surface area contributed by atoms with Crippen molar-refractivity contribution in [3.63, 3.8) is 0 Å². The second kappa shape index (κ2) is 8.83. The highest BCUT2D eigenvalue weighted by Gasteiger charge is 2.11. The first-order chi connectivity index (χ1) is 13.1. The van der Waals surface area contributed by atoms with Gasteiger partial charge in [0.2, 0.25) is 6.21 Å². The molecule has 0 amide bonds. The molecule has 6 nitrogen and oxygen atoms in total. The van der Waals surface area contributed by atoms with E-state index in [0.717, 1.165) is 32.8 Å². The Bertz CT molecular complexity index is 1010. The molecule has 2 aromatic heterocycles. The van der Waals surface area contributed by atoms with E-state index < -0.39 is 0 Å². The zero-order valence-corrected chi connectivity index (χ0v) is 17.0. The lowest BCUT2D eigenvalue weighted by Gasteiger charge is -2.11. The van der Waals surface area contributed by atoms with Crippen LogP contribution in [0.1, 0.15) is 0 Å². The fraction of sp³-hybridized carbons (Fsp3) is 0.105. The molecule has 2 heterocycles. The van der Waals surface area contributed by atoms with Crippen molar-refractivity contribution in [1.29, 1.82) is 0 Å². The van der Waals surface area contributed by atoms with Crippen LogP contribution in [0.25, 0.3) is 16.9 Å². The zero-order chi connectivity index (χ0) is 19.2. The average Bonchev–Trinajstić information content (AvgIpc) is 3.06. The van der Waals surface area contributed by atoms with Gasteiger partial charge in [-0.15, -0.1) is 0 Å². The lowest BCUT2D eigenvalue weighted by Crippen LogP contribution is -2.66. The fourth-order valence-electron chi connectivity index (χ4n) is 2.43. The minimum atomic E-state index is 0.558. The molecule has 2 N–H and O–H groups in total. The van der Waals surface area contributed by atoms with E-state index >= 15 is 0 Å². The normalized spacial score (nSPS) is 11.9. The summed E-state index contributed by atoms with van der Waals surface area (Å²) < 4.78 is 2.57. The first-order valence-corrected chi connectivity index (χ1v) is 9.27. The third-order valence-corrected chi connectivity index (χ3v) is 4.60. The molecule has 0 radical (unpaired) electrons. The van der Waals surface area contributed by atoms with Gasteiger partial charge in [-0.25, -0.2) is 4.98 Å². The molecule has 0 aliphatic carbocycles. The summed E-state index contributed by atoms with van der Waals surface area (Å²) in [6, 6.07) is 9.52. The van der Waals surface area contributed by atoms with E-state index in [2.05, 4.69) is 38.1 Å². The van der Waals surface area contributed by atoms with Crippen LogP contribution in [0.4, 0.5) is 5.82 Å². The van der Waals surface area contributed by atoms with Gasteiger partial charge >= 0.3 is 0 Å². The van der Waals surface area contributed by atoms with Crippen LogP contribution in [0, 0.1) is 0 Å². The van der Waals surface area contributed by atoms with Crippen molar-refractivity contribution in [2.75, 3.05) is 19.0 Å². The first kappa shape index (κ1) is 19.1.